The molecule has 0 rings (SSSR count). The fraction of sp³-hybridized carbons (Fsp3) is 0.750. The van der Waals surface area contributed by atoms with Gasteiger partial charge in [0.25, 0.3) is 0 Å². The van der Waals surface area contributed by atoms with E-state index in [-0.39, 0.29) is 64.0 Å². The average Bonchev–Trinajstić information content (AvgIpc) is 2.13. The van der Waals surface area contributed by atoms with Gasteiger partial charge in [-0.05, 0) is 34.6 Å². The molecule has 0 saturated carbocycles. The maximum absolute atomic E-state index is 11.9. The van der Waals surface area contributed by atoms with E-state index in [0.717, 1.165) is 0 Å². The molecule has 10 heteroatoms. The maximum Gasteiger partial charge on any atom is 3.00 e. The Morgan fingerprint density at radius 2 is 1.59 bits per heavy atom. The number of likely N-dealkylation sites (N-methyl/N-ethyl adjacent to an activating group) is 1. The average molecular weight is 573 g/mol. The van der Waals surface area contributed by atoms with Crippen molar-refractivity contribution < 1.29 is 61.5 Å². The Kier molecular flexibility index (Phi) is 16.3. The number of halogens is 2. The molecule has 0 aromatic carbocycles. The van der Waals surface area contributed by atoms with Crippen LogP contribution in [0.1, 0.15) is 34.6 Å². The minimum atomic E-state index is -1.10. The monoisotopic (exact) mass is 572 g/mol. The van der Waals surface area contributed by atoms with Crippen LogP contribution in [0.2, 0.25) is 0 Å². The summed E-state index contributed by atoms with van der Waals surface area (Å²) in [6.07, 6.45) is 0. The molecule has 0 atom stereocenters. The molecule has 0 aromatic heterocycles. The summed E-state index contributed by atoms with van der Waals surface area (Å²) in [6.45, 7) is 8.50. The van der Waals surface area contributed by atoms with Gasteiger partial charge < -0.3 is 64.6 Å². The Bertz CT molecular complexity index is 391. The number of carbonyl (C=O) groups is 2. The predicted molar refractivity (Wildman–Crippen MR) is 80.7 cm³/mol. The van der Waals surface area contributed by atoms with Crippen molar-refractivity contribution in [3.63, 3.8) is 0 Å². The fourth-order valence-electron chi connectivity index (χ4n) is 1.12. The van der Waals surface area contributed by atoms with Crippen molar-refractivity contribution in [2.24, 2.45) is 0 Å². The van der Waals surface area contributed by atoms with E-state index in [2.05, 4.69) is 5.32 Å². The molecule has 0 bridgehead atoms. The number of carbonyl (C=O) groups excluding carboxylic acids is 2. The van der Waals surface area contributed by atoms with Crippen LogP contribution in [0.5, 0.6) is 0 Å². The van der Waals surface area contributed by atoms with Crippen molar-refractivity contribution in [2.75, 3.05) is 13.6 Å². The van der Waals surface area contributed by atoms with Crippen molar-refractivity contribution in [1.29, 1.82) is 0 Å². The second kappa shape index (κ2) is 11.8. The normalized spacial score (nSPS) is 10.1. The minimum absolute atomic E-state index is 0. The van der Waals surface area contributed by atoms with Crippen molar-refractivity contribution in [1.82, 2.24) is 10.2 Å². The molecule has 0 aliphatic rings. The summed E-state index contributed by atoms with van der Waals surface area (Å²) >= 11 is 9.54. The number of nitrogens with zero attached hydrogens (tertiary/aromatic N) is 1. The molecule has 0 radical (unpaired) electrons. The van der Waals surface area contributed by atoms with Crippen molar-refractivity contribution in [3.8, 4) is 0 Å². The number of hydrogen-bond acceptors (Lipinski definition) is 5. The fourth-order valence-corrected chi connectivity index (χ4v) is 1.25. The molecule has 0 aliphatic carbocycles. The SMILES string of the molecule is CN(CC(=O)NC(C)(C)C(=O)OC(C)(C)C)C(=S)[S-].[Au+3].[Cl-].[Cl-]. The molecule has 0 spiro atoms. The summed E-state index contributed by atoms with van der Waals surface area (Å²) in [5, 5.41) is 2.60. The van der Waals surface area contributed by atoms with Crippen LogP contribution in [-0.4, -0.2) is 45.8 Å². The Morgan fingerprint density at radius 3 is 1.91 bits per heavy atom. The topological polar surface area (TPSA) is 58.6 Å². The first-order valence-electron chi connectivity index (χ1n) is 5.82. The van der Waals surface area contributed by atoms with E-state index in [1.54, 1.807) is 41.7 Å². The van der Waals surface area contributed by atoms with Gasteiger partial charge in [0, 0.05) is 7.05 Å². The van der Waals surface area contributed by atoms with Crippen LogP contribution in [0.3, 0.4) is 0 Å². The molecule has 0 saturated heterocycles. The van der Waals surface area contributed by atoms with Gasteiger partial charge in [-0.3, -0.25) is 4.79 Å². The predicted octanol–water partition coefficient (Wildman–Crippen LogP) is -5.01. The first kappa shape index (κ1) is 30.3. The zero-order valence-electron chi connectivity index (χ0n) is 13.3. The molecule has 0 heterocycles. The van der Waals surface area contributed by atoms with Gasteiger partial charge in [0.05, 0.1) is 6.54 Å². The first-order valence-corrected chi connectivity index (χ1v) is 6.63. The molecule has 1 amide bonds. The maximum atomic E-state index is 11.9. The Balaban J connectivity index is -0.000000540. The number of hydrogen-bond donors (Lipinski definition) is 1. The third-order valence-corrected chi connectivity index (χ3v) is 2.68. The summed E-state index contributed by atoms with van der Waals surface area (Å²) in [5.74, 6) is -0.831. The number of amides is 1. The second-order valence-corrected chi connectivity index (χ2v) is 6.83. The van der Waals surface area contributed by atoms with Crippen LogP contribution >= 0.6 is 12.2 Å². The first-order chi connectivity index (χ1) is 8.35. The number of ether oxygens (including phenoxy) is 1. The number of thiocarbonyl (C=S) groups is 1. The Labute approximate surface area is 171 Å². The van der Waals surface area contributed by atoms with Gasteiger partial charge in [0.2, 0.25) is 5.91 Å². The van der Waals surface area contributed by atoms with Crippen LogP contribution in [-0.2, 0) is 49.3 Å². The van der Waals surface area contributed by atoms with Crippen LogP contribution in [0.15, 0.2) is 0 Å². The van der Waals surface area contributed by atoms with Gasteiger partial charge in [0.1, 0.15) is 11.1 Å². The van der Waals surface area contributed by atoms with Crippen LogP contribution in [0, 0.1) is 0 Å². The van der Waals surface area contributed by atoms with Gasteiger partial charge in [-0.15, -0.1) is 0 Å². The van der Waals surface area contributed by atoms with E-state index in [9.17, 15) is 9.59 Å². The number of nitrogens with one attached hydrogen (secondary N) is 1. The smallest absolute Gasteiger partial charge is 1.00 e. The zero-order chi connectivity index (χ0) is 15.4. The third kappa shape index (κ3) is 12.9. The van der Waals surface area contributed by atoms with E-state index in [0.29, 0.717) is 0 Å². The standard InChI is InChI=1S/C12H22N2O3S2.Au.2ClH/c1-11(2,3)17-9(16)12(4,5)13-8(15)7-14(6)10(18)19;;;/h7H2,1-6H3,(H,13,15)(H,18,19);;2*1H/q;+3;;/p-3. The number of rotatable bonds is 4. The van der Waals surface area contributed by atoms with Crippen LogP contribution < -0.4 is 30.1 Å². The molecule has 22 heavy (non-hydrogen) atoms. The molecule has 134 valence electrons. The molecule has 0 aliphatic heterocycles. The summed E-state index contributed by atoms with van der Waals surface area (Å²) in [4.78, 5) is 25.2. The van der Waals surface area contributed by atoms with Crippen molar-refractivity contribution >= 4 is 41.0 Å². The van der Waals surface area contributed by atoms with Gasteiger partial charge in [0.15, 0.2) is 0 Å². The largest absolute Gasteiger partial charge is 3.00 e. The molecule has 0 unspecified atom stereocenters. The summed E-state index contributed by atoms with van der Waals surface area (Å²) in [5.41, 5.74) is -1.70. The third-order valence-electron chi connectivity index (χ3n) is 2.05. The van der Waals surface area contributed by atoms with E-state index >= 15 is 0 Å². The Hall–Kier alpha value is 0.370. The zero-order valence-corrected chi connectivity index (χ0v) is 18.6. The van der Waals surface area contributed by atoms with Gasteiger partial charge in [-0.1, -0.05) is 4.32 Å². The second-order valence-electron chi connectivity index (χ2n) is 5.80. The number of esters is 1. The van der Waals surface area contributed by atoms with Crippen LogP contribution in [0.25, 0.3) is 0 Å². The van der Waals surface area contributed by atoms with E-state index in [1.165, 1.54) is 4.90 Å². The van der Waals surface area contributed by atoms with E-state index in [1.807, 2.05) is 0 Å². The van der Waals surface area contributed by atoms with Gasteiger partial charge >= 0.3 is 28.3 Å². The molecular weight excluding hydrogens is 552 g/mol. The molecule has 5 nitrogen and oxygen atoms in total. The summed E-state index contributed by atoms with van der Waals surface area (Å²) < 4.78 is 5.44. The Morgan fingerprint density at radius 1 is 1.18 bits per heavy atom. The van der Waals surface area contributed by atoms with Gasteiger partial charge in [-0.25, -0.2) is 4.79 Å². The molecular formula is C12H21AuCl2N2O3S2. The van der Waals surface area contributed by atoms with Gasteiger partial charge in [-0.2, -0.15) is 0 Å². The van der Waals surface area contributed by atoms with Crippen molar-refractivity contribution in [2.45, 2.75) is 45.8 Å². The summed E-state index contributed by atoms with van der Waals surface area (Å²) in [6, 6.07) is 0. The van der Waals surface area contributed by atoms with E-state index < -0.39 is 17.1 Å². The minimum Gasteiger partial charge on any atom is -1.00 e. The van der Waals surface area contributed by atoms with Crippen molar-refractivity contribution in [3.05, 3.63) is 0 Å². The quantitative estimate of drug-likeness (QED) is 0.158. The van der Waals surface area contributed by atoms with E-state index in [4.69, 9.17) is 29.6 Å². The summed E-state index contributed by atoms with van der Waals surface area (Å²) in [7, 11) is 1.62. The molecule has 0 aromatic rings. The van der Waals surface area contributed by atoms with Crippen LogP contribution in [0.4, 0.5) is 0 Å². The molecule has 0 fully saturated rings. The molecule has 1 N–H and O–H groups in total.